The van der Waals surface area contributed by atoms with Crippen molar-refractivity contribution in [1.29, 1.82) is 0 Å². The Bertz CT molecular complexity index is 1280. The lowest BCUT2D eigenvalue weighted by Gasteiger charge is -2.45. The van der Waals surface area contributed by atoms with Gasteiger partial charge in [0.25, 0.3) is 0 Å². The molecule has 1 amide bonds. The topological polar surface area (TPSA) is 46.6 Å². The Morgan fingerprint density at radius 1 is 1.06 bits per heavy atom. The van der Waals surface area contributed by atoms with Gasteiger partial charge in [0.15, 0.2) is 0 Å². The first-order valence-electron chi connectivity index (χ1n) is 11.1. The summed E-state index contributed by atoms with van der Waals surface area (Å²) >= 11 is 9.01. The highest BCUT2D eigenvalue weighted by atomic mass is 32.2. The number of esters is 1. The van der Waals surface area contributed by atoms with Crippen LogP contribution in [0.4, 0.5) is 5.69 Å². The summed E-state index contributed by atoms with van der Waals surface area (Å²) in [6.45, 7) is 11.8. The second kappa shape index (κ2) is 9.36. The molecular weight excluding hydrogens is 483 g/mol. The van der Waals surface area contributed by atoms with Gasteiger partial charge in [0.05, 0.1) is 26.9 Å². The van der Waals surface area contributed by atoms with E-state index in [1.54, 1.807) is 23.6 Å². The first-order valence-corrected chi connectivity index (χ1v) is 13.2. The van der Waals surface area contributed by atoms with E-state index in [0.717, 1.165) is 42.7 Å². The van der Waals surface area contributed by atoms with Crippen LogP contribution < -0.4 is 4.90 Å². The number of carbonyl (C=O) groups excluding carboxylic acids is 2. The van der Waals surface area contributed by atoms with Crippen molar-refractivity contribution in [2.75, 3.05) is 11.5 Å². The maximum Gasteiger partial charge on any atom is 0.346 e. The van der Waals surface area contributed by atoms with E-state index in [-0.39, 0.29) is 11.9 Å². The molecule has 0 saturated carbocycles. The third-order valence-corrected chi connectivity index (χ3v) is 9.41. The molecule has 34 heavy (non-hydrogen) atoms. The molecule has 4 nitrogen and oxygen atoms in total. The molecular formula is C27H27NO3S3. The minimum atomic E-state index is -0.696. The molecule has 4 rings (SSSR count). The lowest BCUT2D eigenvalue weighted by Crippen LogP contribution is -2.55. The van der Waals surface area contributed by atoms with Crippen LogP contribution in [0, 0.1) is 13.8 Å². The Hall–Kier alpha value is -2.35. The largest absolute Gasteiger partial charge is 0.462 e. The van der Waals surface area contributed by atoms with Gasteiger partial charge in [-0.15, -0.1) is 0 Å². The fraction of sp³-hybridized carbons (Fsp3) is 0.296. The van der Waals surface area contributed by atoms with E-state index in [0.29, 0.717) is 16.4 Å². The van der Waals surface area contributed by atoms with Crippen LogP contribution in [-0.4, -0.2) is 28.9 Å². The first-order chi connectivity index (χ1) is 16.1. The van der Waals surface area contributed by atoms with Gasteiger partial charge in [0, 0.05) is 23.0 Å². The number of nitrogens with zero attached hydrogens (tertiary/aromatic N) is 1. The molecule has 0 fully saturated rings. The van der Waals surface area contributed by atoms with Gasteiger partial charge >= 0.3 is 5.97 Å². The van der Waals surface area contributed by atoms with Crippen LogP contribution in [0.3, 0.4) is 0 Å². The van der Waals surface area contributed by atoms with Crippen molar-refractivity contribution in [2.45, 2.75) is 47.1 Å². The van der Waals surface area contributed by atoms with Crippen molar-refractivity contribution in [3.63, 3.8) is 0 Å². The number of thioether (sulfide) groups is 2. The third-order valence-electron chi connectivity index (χ3n) is 6.08. The van der Waals surface area contributed by atoms with Gasteiger partial charge < -0.3 is 9.64 Å². The van der Waals surface area contributed by atoms with E-state index in [2.05, 4.69) is 19.1 Å². The molecule has 0 unspecified atom stereocenters. The summed E-state index contributed by atoms with van der Waals surface area (Å²) in [5.74, 6) is -0.385. The molecule has 7 heteroatoms. The number of hydrogen-bond donors (Lipinski definition) is 0. The molecule has 0 saturated heterocycles. The fourth-order valence-corrected chi connectivity index (χ4v) is 7.43. The van der Waals surface area contributed by atoms with Gasteiger partial charge in [-0.1, -0.05) is 66.1 Å². The lowest BCUT2D eigenvalue weighted by atomic mass is 9.82. The minimum absolute atomic E-state index is 0.0528. The normalized spacial score (nSPS) is 19.4. The fourth-order valence-electron chi connectivity index (χ4n) is 4.29. The van der Waals surface area contributed by atoms with Crippen LogP contribution in [-0.2, 0) is 14.3 Å². The van der Waals surface area contributed by atoms with Crippen molar-refractivity contribution in [3.8, 4) is 0 Å². The maximum atomic E-state index is 12.9. The number of anilines is 1. The number of fused-ring (bicyclic) bond motifs is 1. The Labute approximate surface area is 214 Å². The molecule has 0 N–H and O–H groups in total. The van der Waals surface area contributed by atoms with E-state index in [9.17, 15) is 9.59 Å². The second-order valence-electron chi connectivity index (χ2n) is 8.81. The van der Waals surface area contributed by atoms with Crippen LogP contribution in [0.15, 0.2) is 51.6 Å². The number of hydrogen-bond acceptors (Lipinski definition) is 6. The number of aryl methyl sites for hydroxylation is 2. The van der Waals surface area contributed by atoms with Crippen molar-refractivity contribution in [1.82, 2.24) is 0 Å². The van der Waals surface area contributed by atoms with Crippen molar-refractivity contribution in [3.05, 3.63) is 73.9 Å². The molecule has 2 heterocycles. The number of rotatable bonds is 3. The number of ether oxygens (including phenoxy) is 1. The van der Waals surface area contributed by atoms with Gasteiger partial charge in [-0.3, -0.25) is 4.79 Å². The zero-order valence-corrected chi connectivity index (χ0v) is 22.6. The summed E-state index contributed by atoms with van der Waals surface area (Å²) in [4.78, 5) is 29.6. The van der Waals surface area contributed by atoms with Gasteiger partial charge in [-0.05, 0) is 63.4 Å². The minimum Gasteiger partial charge on any atom is -0.462 e. The van der Waals surface area contributed by atoms with Crippen molar-refractivity contribution >= 4 is 68.6 Å². The highest BCUT2D eigenvalue weighted by Gasteiger charge is 2.45. The van der Waals surface area contributed by atoms with Crippen molar-refractivity contribution in [2.24, 2.45) is 0 Å². The van der Waals surface area contributed by atoms with Gasteiger partial charge in [0.2, 0.25) is 5.91 Å². The van der Waals surface area contributed by atoms with E-state index in [4.69, 9.17) is 17.0 Å². The quantitative estimate of drug-likeness (QED) is 0.255. The maximum absolute atomic E-state index is 12.9. The lowest BCUT2D eigenvalue weighted by molar-refractivity contribution is -0.137. The number of benzene rings is 2. The SMILES string of the molecule is CCOC(=O)C1=C(c2ccccc2)S/C(=C2\C(=S)C(C)(C)N(C(C)=O)c3cc(C)c(C)cc32)S1. The smallest absolute Gasteiger partial charge is 0.346 e. The Kier molecular flexibility index (Phi) is 6.82. The number of carbonyl (C=O) groups is 2. The summed E-state index contributed by atoms with van der Waals surface area (Å²) in [5.41, 5.74) is 5.19. The third kappa shape index (κ3) is 4.14. The molecule has 2 aromatic carbocycles. The average Bonchev–Trinajstić information content (AvgIpc) is 3.22. The van der Waals surface area contributed by atoms with E-state index >= 15 is 0 Å². The molecule has 0 aromatic heterocycles. The second-order valence-corrected chi connectivity index (χ2v) is 11.5. The molecule has 0 atom stereocenters. The van der Waals surface area contributed by atoms with Gasteiger partial charge in [0.1, 0.15) is 4.91 Å². The zero-order chi connectivity index (χ0) is 24.8. The predicted octanol–water partition coefficient (Wildman–Crippen LogP) is 6.90. The zero-order valence-electron chi connectivity index (χ0n) is 20.1. The standard InChI is InChI=1S/C27H27NO3S3/c1-7-31-25(30)23-22(18-11-9-8-10-12-18)33-26(34-23)21-19-13-15(2)16(3)14-20(19)28(17(4)29)27(5,6)24(21)32/h8-14H,7H2,1-6H3/b26-21+. The van der Waals surface area contributed by atoms with Crippen LogP contribution >= 0.6 is 35.7 Å². The van der Waals surface area contributed by atoms with E-state index in [1.165, 1.54) is 11.8 Å². The number of amides is 1. The summed E-state index contributed by atoms with van der Waals surface area (Å²) < 4.78 is 6.33. The highest BCUT2D eigenvalue weighted by Crippen LogP contribution is 2.58. The molecule has 0 radical (unpaired) electrons. The Morgan fingerprint density at radius 3 is 2.32 bits per heavy atom. The molecule has 0 spiro atoms. The summed E-state index contributed by atoms with van der Waals surface area (Å²) in [6.07, 6.45) is 0. The average molecular weight is 510 g/mol. The van der Waals surface area contributed by atoms with E-state index in [1.807, 2.05) is 58.0 Å². The van der Waals surface area contributed by atoms with Crippen molar-refractivity contribution < 1.29 is 14.3 Å². The van der Waals surface area contributed by atoms with E-state index < -0.39 is 5.54 Å². The predicted molar refractivity (Wildman–Crippen MR) is 148 cm³/mol. The molecule has 0 aliphatic carbocycles. The molecule has 2 aliphatic rings. The van der Waals surface area contributed by atoms with Crippen LogP contribution in [0.5, 0.6) is 0 Å². The van der Waals surface area contributed by atoms with Crippen LogP contribution in [0.2, 0.25) is 0 Å². The van der Waals surface area contributed by atoms with Crippen LogP contribution in [0.25, 0.3) is 10.5 Å². The first kappa shape index (κ1) is 24.8. The Balaban J connectivity index is 1.95. The monoisotopic (exact) mass is 509 g/mol. The molecule has 176 valence electrons. The summed E-state index contributed by atoms with van der Waals surface area (Å²) in [6, 6.07) is 14.0. The molecule has 2 aliphatic heterocycles. The summed E-state index contributed by atoms with van der Waals surface area (Å²) in [7, 11) is 0. The number of thiocarbonyl (C=S) groups is 1. The summed E-state index contributed by atoms with van der Waals surface area (Å²) in [5, 5.41) is 0. The Morgan fingerprint density at radius 2 is 1.71 bits per heavy atom. The molecule has 2 aromatic rings. The van der Waals surface area contributed by atoms with Gasteiger partial charge in [-0.25, -0.2) is 4.79 Å². The molecule has 0 bridgehead atoms. The highest BCUT2D eigenvalue weighted by molar-refractivity contribution is 8.32. The van der Waals surface area contributed by atoms with Gasteiger partial charge in [-0.2, -0.15) is 0 Å². The van der Waals surface area contributed by atoms with Crippen LogP contribution in [0.1, 0.15) is 49.9 Å².